The molecule has 0 saturated heterocycles. The maximum absolute atomic E-state index is 11.1. The minimum atomic E-state index is -0.368. The summed E-state index contributed by atoms with van der Waals surface area (Å²) in [7, 11) is 1.35. The third-order valence-corrected chi connectivity index (χ3v) is 1.66. The molecule has 0 aliphatic heterocycles. The lowest BCUT2D eigenvalue weighted by Gasteiger charge is -2.00. The van der Waals surface area contributed by atoms with Gasteiger partial charge >= 0.3 is 5.97 Å². The number of rotatable bonds is 5. The highest BCUT2D eigenvalue weighted by molar-refractivity contribution is 5.87. The summed E-state index contributed by atoms with van der Waals surface area (Å²) in [4.78, 5) is 18.9. The fourth-order valence-corrected chi connectivity index (χ4v) is 1.00. The number of hydroxylamine groups is 1. The number of esters is 1. The van der Waals surface area contributed by atoms with E-state index in [9.17, 15) is 4.79 Å². The van der Waals surface area contributed by atoms with Crippen LogP contribution >= 0.6 is 0 Å². The molecule has 5 heteroatoms. The highest BCUT2D eigenvalue weighted by atomic mass is 16.6. The molecule has 78 valence electrons. The number of carbonyl (C=O) groups is 1. The van der Waals surface area contributed by atoms with Crippen LogP contribution in [0.1, 0.15) is 23.1 Å². The minimum Gasteiger partial charge on any atom is -0.464 e. The standard InChI is InChI=1S/C9H14N2O3/c1-3-14-10-6-7-4-5-8(11-7)9(12)13-2/h4-5,10-11H,3,6H2,1-2H3. The highest BCUT2D eigenvalue weighted by Gasteiger charge is 2.07. The molecule has 0 aliphatic carbocycles. The van der Waals surface area contributed by atoms with E-state index in [-0.39, 0.29) is 5.97 Å². The number of nitrogens with one attached hydrogen (secondary N) is 2. The van der Waals surface area contributed by atoms with E-state index in [1.807, 2.05) is 6.92 Å². The van der Waals surface area contributed by atoms with Crippen LogP contribution in [0.2, 0.25) is 0 Å². The maximum atomic E-state index is 11.1. The molecule has 0 unspecified atom stereocenters. The lowest BCUT2D eigenvalue weighted by atomic mass is 10.4. The molecular weight excluding hydrogens is 184 g/mol. The van der Waals surface area contributed by atoms with Crippen LogP contribution in [0, 0.1) is 0 Å². The molecule has 1 aromatic heterocycles. The molecule has 0 spiro atoms. The van der Waals surface area contributed by atoms with Crippen LogP contribution in [0.15, 0.2) is 12.1 Å². The summed E-state index contributed by atoms with van der Waals surface area (Å²) >= 11 is 0. The van der Waals surface area contributed by atoms with Crippen molar-refractivity contribution in [3.8, 4) is 0 Å². The van der Waals surface area contributed by atoms with Gasteiger partial charge in [0.1, 0.15) is 5.69 Å². The van der Waals surface area contributed by atoms with Crippen molar-refractivity contribution in [1.82, 2.24) is 10.5 Å². The summed E-state index contributed by atoms with van der Waals surface area (Å²) in [6.07, 6.45) is 0. The molecule has 0 saturated carbocycles. The van der Waals surface area contributed by atoms with Crippen molar-refractivity contribution in [3.63, 3.8) is 0 Å². The van der Waals surface area contributed by atoms with Gasteiger partial charge in [-0.3, -0.25) is 0 Å². The summed E-state index contributed by atoms with van der Waals surface area (Å²) in [5.41, 5.74) is 4.06. The Morgan fingerprint density at radius 3 is 3.00 bits per heavy atom. The lowest BCUT2D eigenvalue weighted by molar-refractivity contribution is 0.0455. The Kier molecular flexibility index (Phi) is 4.15. The second-order valence-corrected chi connectivity index (χ2v) is 2.64. The van der Waals surface area contributed by atoms with Crippen molar-refractivity contribution >= 4 is 5.97 Å². The summed E-state index contributed by atoms with van der Waals surface area (Å²) in [6.45, 7) is 3.02. The van der Waals surface area contributed by atoms with Gasteiger partial charge in [0, 0.05) is 5.69 Å². The summed E-state index contributed by atoms with van der Waals surface area (Å²) in [5.74, 6) is -0.368. The molecule has 0 radical (unpaired) electrons. The van der Waals surface area contributed by atoms with E-state index in [2.05, 4.69) is 15.2 Å². The van der Waals surface area contributed by atoms with E-state index >= 15 is 0 Å². The molecule has 0 fully saturated rings. The Labute approximate surface area is 82.4 Å². The Morgan fingerprint density at radius 2 is 2.36 bits per heavy atom. The minimum absolute atomic E-state index is 0.368. The molecule has 2 N–H and O–H groups in total. The van der Waals surface area contributed by atoms with Crippen molar-refractivity contribution < 1.29 is 14.4 Å². The first-order valence-electron chi connectivity index (χ1n) is 4.38. The molecule has 1 heterocycles. The quantitative estimate of drug-likeness (QED) is 0.418. The van der Waals surface area contributed by atoms with Crippen molar-refractivity contribution in [2.45, 2.75) is 13.5 Å². The van der Waals surface area contributed by atoms with Crippen LogP contribution in [0.5, 0.6) is 0 Å². The summed E-state index contributed by atoms with van der Waals surface area (Å²) < 4.78 is 4.55. The van der Waals surface area contributed by atoms with Crippen molar-refractivity contribution in [3.05, 3.63) is 23.5 Å². The predicted molar refractivity (Wildman–Crippen MR) is 50.6 cm³/mol. The van der Waals surface area contributed by atoms with Crippen molar-refractivity contribution in [1.29, 1.82) is 0 Å². The van der Waals surface area contributed by atoms with Gasteiger partial charge in [-0.15, -0.1) is 0 Å². The Bertz CT molecular complexity index is 296. The van der Waals surface area contributed by atoms with E-state index in [0.717, 1.165) is 5.69 Å². The number of aromatic nitrogens is 1. The molecular formula is C9H14N2O3. The lowest BCUT2D eigenvalue weighted by Crippen LogP contribution is -2.14. The van der Waals surface area contributed by atoms with Gasteiger partial charge in [0.15, 0.2) is 0 Å². The fourth-order valence-electron chi connectivity index (χ4n) is 1.00. The van der Waals surface area contributed by atoms with Gasteiger partial charge in [0.2, 0.25) is 0 Å². The molecule has 1 aromatic rings. The molecule has 0 aliphatic rings. The van der Waals surface area contributed by atoms with Crippen LogP contribution < -0.4 is 5.48 Å². The first-order chi connectivity index (χ1) is 6.77. The third-order valence-electron chi connectivity index (χ3n) is 1.66. The largest absolute Gasteiger partial charge is 0.464 e. The topological polar surface area (TPSA) is 63.4 Å². The normalized spacial score (nSPS) is 10.1. The van der Waals surface area contributed by atoms with Gasteiger partial charge in [0.25, 0.3) is 0 Å². The second-order valence-electron chi connectivity index (χ2n) is 2.64. The van der Waals surface area contributed by atoms with Gasteiger partial charge in [-0.1, -0.05) is 0 Å². The van der Waals surface area contributed by atoms with Crippen molar-refractivity contribution in [2.24, 2.45) is 0 Å². The van der Waals surface area contributed by atoms with E-state index in [4.69, 9.17) is 4.84 Å². The molecule has 5 nitrogen and oxygen atoms in total. The number of hydrogen-bond acceptors (Lipinski definition) is 4. The van der Waals surface area contributed by atoms with Crippen molar-refractivity contribution in [2.75, 3.05) is 13.7 Å². The zero-order chi connectivity index (χ0) is 10.4. The SMILES string of the molecule is CCONCc1ccc(C(=O)OC)[nH]1. The van der Waals surface area contributed by atoms with E-state index < -0.39 is 0 Å². The van der Waals surface area contributed by atoms with E-state index in [0.29, 0.717) is 18.8 Å². The Hall–Kier alpha value is -1.33. The predicted octanol–water partition coefficient (Wildman–Crippen LogP) is 0.842. The molecule has 0 amide bonds. The number of aromatic amines is 1. The van der Waals surface area contributed by atoms with Crippen LogP contribution in [0.3, 0.4) is 0 Å². The number of H-pyrrole nitrogens is 1. The zero-order valence-electron chi connectivity index (χ0n) is 8.29. The van der Waals surface area contributed by atoms with Crippen LogP contribution in [0.25, 0.3) is 0 Å². The zero-order valence-corrected chi connectivity index (χ0v) is 8.29. The number of ether oxygens (including phenoxy) is 1. The summed E-state index contributed by atoms with van der Waals surface area (Å²) in [5, 5.41) is 0. The molecule has 1 rings (SSSR count). The average Bonchev–Trinajstić information content (AvgIpc) is 2.66. The second kappa shape index (κ2) is 5.41. The average molecular weight is 198 g/mol. The molecule has 0 bridgehead atoms. The number of methoxy groups -OCH3 is 1. The smallest absolute Gasteiger partial charge is 0.354 e. The number of hydrogen-bond donors (Lipinski definition) is 2. The summed E-state index contributed by atoms with van der Waals surface area (Å²) in [6, 6.07) is 3.48. The van der Waals surface area contributed by atoms with Gasteiger partial charge in [-0.05, 0) is 19.1 Å². The van der Waals surface area contributed by atoms with Gasteiger partial charge < -0.3 is 14.6 Å². The molecule has 14 heavy (non-hydrogen) atoms. The van der Waals surface area contributed by atoms with Crippen LogP contribution in [0.4, 0.5) is 0 Å². The molecule has 0 aromatic carbocycles. The van der Waals surface area contributed by atoms with Gasteiger partial charge in [-0.25, -0.2) is 4.79 Å². The fraction of sp³-hybridized carbons (Fsp3) is 0.444. The van der Waals surface area contributed by atoms with Gasteiger partial charge in [-0.2, -0.15) is 5.48 Å². The third kappa shape index (κ3) is 2.86. The highest BCUT2D eigenvalue weighted by Crippen LogP contribution is 2.02. The molecule has 0 atom stereocenters. The van der Waals surface area contributed by atoms with E-state index in [1.54, 1.807) is 12.1 Å². The van der Waals surface area contributed by atoms with E-state index in [1.165, 1.54) is 7.11 Å². The van der Waals surface area contributed by atoms with Gasteiger partial charge in [0.05, 0.1) is 20.3 Å². The monoisotopic (exact) mass is 198 g/mol. The first-order valence-corrected chi connectivity index (χ1v) is 4.38. The van der Waals surface area contributed by atoms with Crippen LogP contribution in [-0.2, 0) is 16.1 Å². The Balaban J connectivity index is 2.46. The maximum Gasteiger partial charge on any atom is 0.354 e. The number of carbonyl (C=O) groups excluding carboxylic acids is 1. The first kappa shape index (κ1) is 10.7. The Morgan fingerprint density at radius 1 is 1.57 bits per heavy atom. The van der Waals surface area contributed by atoms with Crippen LogP contribution in [-0.4, -0.2) is 24.7 Å².